The van der Waals surface area contributed by atoms with Gasteiger partial charge < -0.3 is 10.6 Å². The minimum Gasteiger partial charge on any atom is -0.346 e. The van der Waals surface area contributed by atoms with Crippen molar-refractivity contribution in [1.82, 2.24) is 14.7 Å². The Balaban J connectivity index is 2.00. The van der Waals surface area contributed by atoms with E-state index in [9.17, 15) is 14.0 Å². The lowest BCUT2D eigenvalue weighted by molar-refractivity contribution is 0.0916. The number of halogens is 1. The van der Waals surface area contributed by atoms with Crippen molar-refractivity contribution in [1.29, 1.82) is 0 Å². The third-order valence-corrected chi connectivity index (χ3v) is 3.58. The molecule has 7 heteroatoms. The molecule has 134 valence electrons. The van der Waals surface area contributed by atoms with Gasteiger partial charge in [-0.05, 0) is 45.0 Å². The zero-order valence-corrected chi connectivity index (χ0v) is 14.7. The topological polar surface area (TPSA) is 75.5 Å². The van der Waals surface area contributed by atoms with E-state index in [-0.39, 0.29) is 23.1 Å². The summed E-state index contributed by atoms with van der Waals surface area (Å²) in [6.45, 7) is 5.57. The van der Waals surface area contributed by atoms with Crippen LogP contribution in [0.2, 0.25) is 0 Å². The van der Waals surface area contributed by atoms with Crippen molar-refractivity contribution in [2.45, 2.75) is 26.3 Å². The first-order valence-electron chi connectivity index (χ1n) is 8.12. The minimum absolute atomic E-state index is 0.00270. The summed E-state index contributed by atoms with van der Waals surface area (Å²) in [4.78, 5) is 29.4. The number of amides is 2. The molecule has 0 aliphatic carbocycles. The highest BCUT2D eigenvalue weighted by atomic mass is 19.1. The number of aromatic nitrogens is 2. The van der Waals surface area contributed by atoms with Gasteiger partial charge in [-0.3, -0.25) is 14.0 Å². The molecule has 0 saturated heterocycles. The molecule has 2 heterocycles. The van der Waals surface area contributed by atoms with Gasteiger partial charge in [-0.2, -0.15) is 0 Å². The fraction of sp³-hybridized carbons (Fsp3) is 0.211. The van der Waals surface area contributed by atoms with E-state index >= 15 is 0 Å². The molecule has 0 bridgehead atoms. The molecule has 26 heavy (non-hydrogen) atoms. The third-order valence-electron chi connectivity index (χ3n) is 3.58. The summed E-state index contributed by atoms with van der Waals surface area (Å²) in [5, 5.41) is 5.32. The molecule has 0 aliphatic heterocycles. The number of carbonyl (C=O) groups is 2. The quantitative estimate of drug-likeness (QED) is 0.758. The van der Waals surface area contributed by atoms with Crippen molar-refractivity contribution in [3.8, 4) is 0 Å². The SMILES string of the molecule is CC(C)(C)NC(=O)c1nc(C(=O)Nc2ccccc2F)n2ccccc12. The van der Waals surface area contributed by atoms with Gasteiger partial charge in [-0.25, -0.2) is 9.37 Å². The van der Waals surface area contributed by atoms with Gasteiger partial charge in [-0.15, -0.1) is 0 Å². The zero-order valence-electron chi connectivity index (χ0n) is 14.7. The van der Waals surface area contributed by atoms with Crippen molar-refractivity contribution < 1.29 is 14.0 Å². The van der Waals surface area contributed by atoms with Crippen LogP contribution in [0.25, 0.3) is 5.52 Å². The molecule has 2 N–H and O–H groups in total. The fourth-order valence-electron chi connectivity index (χ4n) is 2.51. The molecule has 0 spiro atoms. The van der Waals surface area contributed by atoms with Crippen LogP contribution in [0.4, 0.5) is 10.1 Å². The maximum Gasteiger partial charge on any atom is 0.292 e. The van der Waals surface area contributed by atoms with Gasteiger partial charge in [0.15, 0.2) is 5.69 Å². The molecule has 3 aromatic rings. The largest absolute Gasteiger partial charge is 0.346 e. The molecule has 1 aromatic carbocycles. The first kappa shape index (κ1) is 17.6. The first-order valence-corrected chi connectivity index (χ1v) is 8.12. The second-order valence-electron chi connectivity index (χ2n) is 6.88. The molecule has 3 rings (SSSR count). The van der Waals surface area contributed by atoms with Crippen LogP contribution in [0.15, 0.2) is 48.7 Å². The van der Waals surface area contributed by atoms with Crippen LogP contribution in [0.3, 0.4) is 0 Å². The van der Waals surface area contributed by atoms with Crippen LogP contribution in [0.1, 0.15) is 41.9 Å². The van der Waals surface area contributed by atoms with Crippen molar-refractivity contribution in [2.75, 3.05) is 5.32 Å². The smallest absolute Gasteiger partial charge is 0.292 e. The van der Waals surface area contributed by atoms with E-state index in [2.05, 4.69) is 15.6 Å². The lowest BCUT2D eigenvalue weighted by Gasteiger charge is -2.19. The number of para-hydroxylation sites is 1. The zero-order chi connectivity index (χ0) is 18.9. The van der Waals surface area contributed by atoms with Crippen molar-refractivity contribution in [2.24, 2.45) is 0 Å². The summed E-state index contributed by atoms with van der Waals surface area (Å²) < 4.78 is 15.3. The predicted molar refractivity (Wildman–Crippen MR) is 96.8 cm³/mol. The lowest BCUT2D eigenvalue weighted by atomic mass is 10.1. The van der Waals surface area contributed by atoms with Crippen LogP contribution < -0.4 is 10.6 Å². The molecule has 6 nitrogen and oxygen atoms in total. The maximum absolute atomic E-state index is 13.8. The van der Waals surface area contributed by atoms with E-state index in [1.807, 2.05) is 20.8 Å². The number of pyridine rings is 1. The van der Waals surface area contributed by atoms with E-state index in [0.717, 1.165) is 0 Å². The summed E-state index contributed by atoms with van der Waals surface area (Å²) in [6.07, 6.45) is 1.63. The summed E-state index contributed by atoms with van der Waals surface area (Å²) in [6, 6.07) is 11.0. The molecule has 0 fully saturated rings. The average molecular weight is 354 g/mol. The fourth-order valence-corrected chi connectivity index (χ4v) is 2.51. The second kappa shape index (κ2) is 6.59. The van der Waals surface area contributed by atoms with Crippen LogP contribution >= 0.6 is 0 Å². The average Bonchev–Trinajstić information content (AvgIpc) is 2.95. The molecule has 2 amide bonds. The molecular weight excluding hydrogens is 335 g/mol. The molecule has 0 saturated carbocycles. The molecular formula is C19H19FN4O2. The van der Waals surface area contributed by atoms with E-state index in [1.165, 1.54) is 22.6 Å². The van der Waals surface area contributed by atoms with Crippen molar-refractivity contribution in [3.63, 3.8) is 0 Å². The Morgan fingerprint density at radius 3 is 2.42 bits per heavy atom. The standard InChI is InChI=1S/C19H19FN4O2/c1-19(2,3)23-17(25)15-14-10-6-7-11-24(14)16(22-15)18(26)21-13-9-5-4-8-12(13)20/h4-11H,1-3H3,(H,21,26)(H,23,25). The summed E-state index contributed by atoms with van der Waals surface area (Å²) >= 11 is 0. The Hall–Kier alpha value is -3.22. The van der Waals surface area contributed by atoms with Crippen molar-refractivity contribution in [3.05, 3.63) is 66.0 Å². The van der Waals surface area contributed by atoms with Gasteiger partial charge in [-0.1, -0.05) is 18.2 Å². The highest BCUT2D eigenvalue weighted by molar-refractivity contribution is 6.06. The molecule has 0 radical (unpaired) electrons. The molecule has 2 aromatic heterocycles. The maximum atomic E-state index is 13.8. The summed E-state index contributed by atoms with van der Waals surface area (Å²) in [7, 11) is 0. The number of nitrogens with one attached hydrogen (secondary N) is 2. The Labute approximate surface area is 150 Å². The monoisotopic (exact) mass is 354 g/mol. The van der Waals surface area contributed by atoms with Gasteiger partial charge in [0.2, 0.25) is 5.82 Å². The Morgan fingerprint density at radius 1 is 1.04 bits per heavy atom. The number of carbonyl (C=O) groups excluding carboxylic acids is 2. The minimum atomic E-state index is -0.605. The Morgan fingerprint density at radius 2 is 1.73 bits per heavy atom. The van der Waals surface area contributed by atoms with E-state index in [0.29, 0.717) is 5.52 Å². The van der Waals surface area contributed by atoms with Gasteiger partial charge >= 0.3 is 0 Å². The van der Waals surface area contributed by atoms with Gasteiger partial charge in [0.25, 0.3) is 11.8 Å². The number of fused-ring (bicyclic) bond motifs is 1. The number of hydrogen-bond acceptors (Lipinski definition) is 3. The number of hydrogen-bond donors (Lipinski definition) is 2. The van der Waals surface area contributed by atoms with Crippen molar-refractivity contribution >= 4 is 23.0 Å². The molecule has 0 aliphatic rings. The van der Waals surface area contributed by atoms with Gasteiger partial charge in [0, 0.05) is 11.7 Å². The molecule has 0 atom stereocenters. The Kier molecular flexibility index (Phi) is 4.46. The van der Waals surface area contributed by atoms with Crippen LogP contribution in [0, 0.1) is 5.82 Å². The predicted octanol–water partition coefficient (Wildman–Crippen LogP) is 3.25. The van der Waals surface area contributed by atoms with Crippen LogP contribution in [-0.2, 0) is 0 Å². The molecule has 0 unspecified atom stereocenters. The number of nitrogens with zero attached hydrogens (tertiary/aromatic N) is 2. The van der Waals surface area contributed by atoms with E-state index in [4.69, 9.17) is 0 Å². The summed E-state index contributed by atoms with van der Waals surface area (Å²) in [5.74, 6) is -1.53. The third kappa shape index (κ3) is 3.56. The number of benzene rings is 1. The second-order valence-corrected chi connectivity index (χ2v) is 6.88. The number of anilines is 1. The lowest BCUT2D eigenvalue weighted by Crippen LogP contribution is -2.40. The van der Waals surface area contributed by atoms with E-state index in [1.54, 1.807) is 30.5 Å². The van der Waals surface area contributed by atoms with Gasteiger partial charge in [0.05, 0.1) is 11.2 Å². The number of rotatable bonds is 3. The normalized spacial score (nSPS) is 11.4. The summed E-state index contributed by atoms with van der Waals surface area (Å²) in [5.41, 5.74) is 0.232. The highest BCUT2D eigenvalue weighted by Gasteiger charge is 2.24. The van der Waals surface area contributed by atoms with Crippen LogP contribution in [0.5, 0.6) is 0 Å². The highest BCUT2D eigenvalue weighted by Crippen LogP contribution is 2.17. The number of imidazole rings is 1. The first-order chi connectivity index (χ1) is 12.3. The van der Waals surface area contributed by atoms with Gasteiger partial charge in [0.1, 0.15) is 5.82 Å². The Bertz CT molecular complexity index is 989. The van der Waals surface area contributed by atoms with E-state index < -0.39 is 17.3 Å². The van der Waals surface area contributed by atoms with Crippen LogP contribution in [-0.4, -0.2) is 26.7 Å².